The smallest absolute Gasteiger partial charge is 0.339 e. The molecule has 0 atom stereocenters. The molecule has 0 saturated heterocycles. The molecule has 0 fully saturated rings. The van der Waals surface area contributed by atoms with Gasteiger partial charge < -0.3 is 9.47 Å². The van der Waals surface area contributed by atoms with Gasteiger partial charge in [0.2, 0.25) is 0 Å². The fourth-order valence-corrected chi connectivity index (χ4v) is 4.35. The predicted octanol–water partition coefficient (Wildman–Crippen LogP) is 6.02. The van der Waals surface area contributed by atoms with Crippen LogP contribution in [0, 0.1) is 13.8 Å². The lowest BCUT2D eigenvalue weighted by Crippen LogP contribution is -2.13. The van der Waals surface area contributed by atoms with Crippen molar-refractivity contribution < 1.29 is 19.1 Å². The standard InChI is InChI=1S/C27H23NO4S/c1-17-12-13-18(2)23(14-17)25(29)20-8-4-5-9-21(20)27(30)32-15-19-16-33-26(28-19)22-10-6-7-11-24(22)31-3/h4-14,16H,15H2,1-3H3. The Labute approximate surface area is 196 Å². The lowest BCUT2D eigenvalue weighted by molar-refractivity contribution is 0.0466. The number of aryl methyl sites for hydroxylation is 2. The molecule has 6 heteroatoms. The van der Waals surface area contributed by atoms with Gasteiger partial charge in [-0.1, -0.05) is 48.0 Å². The average molecular weight is 458 g/mol. The molecule has 0 saturated carbocycles. The number of aromatic nitrogens is 1. The van der Waals surface area contributed by atoms with Gasteiger partial charge in [-0.25, -0.2) is 9.78 Å². The van der Waals surface area contributed by atoms with Crippen LogP contribution in [0.3, 0.4) is 0 Å². The number of thiazole rings is 1. The highest BCUT2D eigenvalue weighted by atomic mass is 32.1. The number of benzene rings is 3. The van der Waals surface area contributed by atoms with Crippen molar-refractivity contribution in [3.63, 3.8) is 0 Å². The Morgan fingerprint density at radius 1 is 0.909 bits per heavy atom. The quantitative estimate of drug-likeness (QED) is 0.251. The molecule has 1 aromatic heterocycles. The first-order valence-corrected chi connectivity index (χ1v) is 11.3. The SMILES string of the molecule is COc1ccccc1-c1nc(COC(=O)c2ccccc2C(=O)c2cc(C)ccc2C)cs1. The van der Waals surface area contributed by atoms with Gasteiger partial charge in [0.1, 0.15) is 17.4 Å². The summed E-state index contributed by atoms with van der Waals surface area (Å²) >= 11 is 1.45. The largest absolute Gasteiger partial charge is 0.496 e. The summed E-state index contributed by atoms with van der Waals surface area (Å²) in [5.41, 5.74) is 4.50. The lowest BCUT2D eigenvalue weighted by atomic mass is 9.94. The number of carbonyl (C=O) groups excluding carboxylic acids is 2. The molecule has 0 amide bonds. The van der Waals surface area contributed by atoms with Gasteiger partial charge in [0.25, 0.3) is 0 Å². The summed E-state index contributed by atoms with van der Waals surface area (Å²) in [5, 5.41) is 2.63. The Morgan fingerprint density at radius 2 is 1.64 bits per heavy atom. The highest BCUT2D eigenvalue weighted by Gasteiger charge is 2.21. The summed E-state index contributed by atoms with van der Waals surface area (Å²) in [6.07, 6.45) is 0. The third kappa shape index (κ3) is 4.86. The van der Waals surface area contributed by atoms with Crippen molar-refractivity contribution in [2.24, 2.45) is 0 Å². The summed E-state index contributed by atoms with van der Waals surface area (Å²) < 4.78 is 10.9. The number of ether oxygens (including phenoxy) is 2. The van der Waals surface area contributed by atoms with Gasteiger partial charge >= 0.3 is 5.97 Å². The van der Waals surface area contributed by atoms with Crippen LogP contribution in [-0.4, -0.2) is 23.8 Å². The van der Waals surface area contributed by atoms with Gasteiger partial charge in [0, 0.05) is 16.5 Å². The summed E-state index contributed by atoms with van der Waals surface area (Å²) in [6.45, 7) is 3.83. The first-order valence-electron chi connectivity index (χ1n) is 10.4. The highest BCUT2D eigenvalue weighted by molar-refractivity contribution is 7.13. The van der Waals surface area contributed by atoms with Crippen molar-refractivity contribution in [1.29, 1.82) is 0 Å². The number of hydrogen-bond donors (Lipinski definition) is 0. The van der Waals surface area contributed by atoms with Crippen LogP contribution >= 0.6 is 11.3 Å². The molecule has 0 aliphatic rings. The van der Waals surface area contributed by atoms with Crippen molar-refractivity contribution in [3.8, 4) is 16.3 Å². The van der Waals surface area contributed by atoms with Gasteiger partial charge in [0.05, 0.1) is 23.9 Å². The first-order chi connectivity index (χ1) is 16.0. The molecule has 3 aromatic carbocycles. The first kappa shape index (κ1) is 22.4. The fourth-order valence-electron chi connectivity index (χ4n) is 3.52. The van der Waals surface area contributed by atoms with Gasteiger partial charge in [0.15, 0.2) is 5.78 Å². The Bertz CT molecular complexity index is 1330. The molecule has 0 aliphatic carbocycles. The van der Waals surface area contributed by atoms with Crippen LogP contribution in [0.1, 0.15) is 43.1 Å². The van der Waals surface area contributed by atoms with E-state index in [0.717, 1.165) is 27.4 Å². The lowest BCUT2D eigenvalue weighted by Gasteiger charge is -2.11. The number of methoxy groups -OCH3 is 1. The molecule has 33 heavy (non-hydrogen) atoms. The van der Waals surface area contributed by atoms with Gasteiger partial charge in [-0.2, -0.15) is 0 Å². The van der Waals surface area contributed by atoms with Crippen molar-refractivity contribution in [1.82, 2.24) is 4.98 Å². The molecule has 0 radical (unpaired) electrons. The second-order valence-electron chi connectivity index (χ2n) is 7.61. The molecular formula is C27H23NO4S. The molecule has 4 aromatic rings. The summed E-state index contributed by atoms with van der Waals surface area (Å²) in [6, 6.07) is 20.1. The van der Waals surface area contributed by atoms with Crippen LogP contribution < -0.4 is 4.74 Å². The molecular weight excluding hydrogens is 434 g/mol. The van der Waals surface area contributed by atoms with E-state index in [2.05, 4.69) is 4.98 Å². The number of para-hydroxylation sites is 1. The van der Waals surface area contributed by atoms with E-state index >= 15 is 0 Å². The minimum Gasteiger partial charge on any atom is -0.496 e. The van der Waals surface area contributed by atoms with Crippen LogP contribution in [0.2, 0.25) is 0 Å². The van der Waals surface area contributed by atoms with E-state index in [4.69, 9.17) is 9.47 Å². The third-order valence-electron chi connectivity index (χ3n) is 5.27. The van der Waals surface area contributed by atoms with Crippen LogP contribution in [0.15, 0.2) is 72.1 Å². The van der Waals surface area contributed by atoms with E-state index in [-0.39, 0.29) is 18.0 Å². The van der Waals surface area contributed by atoms with Crippen molar-refractivity contribution in [2.45, 2.75) is 20.5 Å². The molecule has 166 valence electrons. The maximum absolute atomic E-state index is 13.2. The van der Waals surface area contributed by atoms with E-state index in [9.17, 15) is 9.59 Å². The van der Waals surface area contributed by atoms with Crippen molar-refractivity contribution >= 4 is 23.1 Å². The Kier molecular flexibility index (Phi) is 6.66. The number of hydrogen-bond acceptors (Lipinski definition) is 6. The summed E-state index contributed by atoms with van der Waals surface area (Å²) in [5.74, 6) is -0.0266. The molecule has 0 bridgehead atoms. The minimum atomic E-state index is -0.559. The number of ketones is 1. The molecule has 0 spiro atoms. The fraction of sp³-hybridized carbons (Fsp3) is 0.148. The van der Waals surface area contributed by atoms with E-state index in [0.29, 0.717) is 16.8 Å². The normalized spacial score (nSPS) is 10.6. The van der Waals surface area contributed by atoms with Gasteiger partial charge in [-0.15, -0.1) is 11.3 Å². The predicted molar refractivity (Wildman–Crippen MR) is 129 cm³/mol. The van der Waals surface area contributed by atoms with E-state index in [1.807, 2.05) is 61.7 Å². The topological polar surface area (TPSA) is 65.5 Å². The van der Waals surface area contributed by atoms with Crippen LogP contribution in [0.25, 0.3) is 10.6 Å². The van der Waals surface area contributed by atoms with Crippen LogP contribution in [-0.2, 0) is 11.3 Å². The van der Waals surface area contributed by atoms with Crippen molar-refractivity contribution in [3.05, 3.63) is 106 Å². The number of rotatable bonds is 7. The second kappa shape index (κ2) is 9.79. The Balaban J connectivity index is 1.52. The number of esters is 1. The second-order valence-corrected chi connectivity index (χ2v) is 8.47. The zero-order valence-electron chi connectivity index (χ0n) is 18.6. The van der Waals surface area contributed by atoms with E-state index in [1.54, 1.807) is 31.4 Å². The summed E-state index contributed by atoms with van der Waals surface area (Å²) in [4.78, 5) is 30.7. The average Bonchev–Trinajstić information content (AvgIpc) is 3.32. The van der Waals surface area contributed by atoms with Crippen molar-refractivity contribution in [2.75, 3.05) is 7.11 Å². The number of nitrogens with zero attached hydrogens (tertiary/aromatic N) is 1. The molecule has 5 nitrogen and oxygen atoms in total. The van der Waals surface area contributed by atoms with Gasteiger partial charge in [-0.3, -0.25) is 4.79 Å². The Hall–Kier alpha value is -3.77. The van der Waals surface area contributed by atoms with E-state index < -0.39 is 5.97 Å². The third-order valence-corrected chi connectivity index (χ3v) is 6.19. The molecule has 0 unspecified atom stereocenters. The highest BCUT2D eigenvalue weighted by Crippen LogP contribution is 2.32. The van der Waals surface area contributed by atoms with Crippen LogP contribution in [0.5, 0.6) is 5.75 Å². The zero-order valence-corrected chi connectivity index (χ0v) is 19.4. The van der Waals surface area contributed by atoms with Crippen LogP contribution in [0.4, 0.5) is 0 Å². The maximum Gasteiger partial charge on any atom is 0.339 e. The molecule has 4 rings (SSSR count). The molecule has 1 heterocycles. The summed E-state index contributed by atoms with van der Waals surface area (Å²) in [7, 11) is 1.62. The maximum atomic E-state index is 13.2. The minimum absolute atomic E-state index is 0.0104. The Morgan fingerprint density at radius 3 is 2.42 bits per heavy atom. The van der Waals surface area contributed by atoms with Gasteiger partial charge in [-0.05, 0) is 43.7 Å². The number of carbonyl (C=O) groups is 2. The van der Waals surface area contributed by atoms with E-state index in [1.165, 1.54) is 11.3 Å². The molecule has 0 N–H and O–H groups in total. The molecule has 0 aliphatic heterocycles. The zero-order chi connectivity index (χ0) is 23.4. The monoisotopic (exact) mass is 457 g/mol.